The number of piperidine rings is 1. The molecule has 0 radical (unpaired) electrons. The summed E-state index contributed by atoms with van der Waals surface area (Å²) in [5.41, 5.74) is 5.97. The molecular weight excluding hydrogens is 288 g/mol. The first-order valence-corrected chi connectivity index (χ1v) is 8.45. The van der Waals surface area contributed by atoms with Crippen LogP contribution in [0.25, 0.3) is 0 Å². The van der Waals surface area contributed by atoms with Gasteiger partial charge in [-0.2, -0.15) is 0 Å². The molecular formula is C14H22N4O2S. The molecule has 1 unspecified atom stereocenters. The highest BCUT2D eigenvalue weighted by Crippen LogP contribution is 2.32. The summed E-state index contributed by atoms with van der Waals surface area (Å²) in [5, 5.41) is 10.3. The van der Waals surface area contributed by atoms with Crippen LogP contribution in [-0.2, 0) is 0 Å². The van der Waals surface area contributed by atoms with Crippen molar-refractivity contribution in [2.75, 3.05) is 36.9 Å². The predicted octanol–water partition coefficient (Wildman–Crippen LogP) is 1.31. The van der Waals surface area contributed by atoms with Crippen molar-refractivity contribution >= 4 is 28.2 Å². The van der Waals surface area contributed by atoms with Gasteiger partial charge in [0, 0.05) is 19.6 Å². The number of likely N-dealkylation sites (tertiary alicyclic amines) is 1. The zero-order valence-corrected chi connectivity index (χ0v) is 12.9. The third-order valence-corrected chi connectivity index (χ3v) is 5.43. The van der Waals surface area contributed by atoms with Crippen LogP contribution in [0.1, 0.15) is 41.8 Å². The van der Waals surface area contributed by atoms with E-state index in [0.717, 1.165) is 37.5 Å². The molecule has 3 rings (SSSR count). The molecule has 2 saturated heterocycles. The van der Waals surface area contributed by atoms with E-state index < -0.39 is 0 Å². The number of aromatic nitrogens is 1. The average Bonchev–Trinajstić information content (AvgIpc) is 3.15. The van der Waals surface area contributed by atoms with Crippen molar-refractivity contribution in [1.82, 2.24) is 9.88 Å². The fourth-order valence-electron chi connectivity index (χ4n) is 3.11. The monoisotopic (exact) mass is 310 g/mol. The lowest BCUT2D eigenvalue weighted by Gasteiger charge is -2.34. The summed E-state index contributed by atoms with van der Waals surface area (Å²) < 4.78 is 0. The number of aliphatic hydroxyl groups is 1. The Bertz CT molecular complexity index is 513. The van der Waals surface area contributed by atoms with E-state index >= 15 is 0 Å². The number of amides is 1. The van der Waals surface area contributed by atoms with E-state index in [-0.39, 0.29) is 18.6 Å². The Hall–Kier alpha value is -1.34. The Morgan fingerprint density at radius 2 is 2.00 bits per heavy atom. The van der Waals surface area contributed by atoms with Gasteiger partial charge in [0.2, 0.25) is 0 Å². The van der Waals surface area contributed by atoms with Crippen LogP contribution in [0, 0.1) is 0 Å². The molecule has 1 aromatic heterocycles. The minimum absolute atomic E-state index is 0.0173. The summed E-state index contributed by atoms with van der Waals surface area (Å²) in [4.78, 5) is 21.6. The van der Waals surface area contributed by atoms with Crippen LogP contribution in [0.5, 0.6) is 0 Å². The van der Waals surface area contributed by atoms with E-state index in [1.807, 2.05) is 0 Å². The maximum absolute atomic E-state index is 12.7. The van der Waals surface area contributed by atoms with Crippen LogP contribution in [0.2, 0.25) is 0 Å². The fraction of sp³-hybridized carbons (Fsp3) is 0.714. The summed E-state index contributed by atoms with van der Waals surface area (Å²) in [6.07, 6.45) is 5.25. The zero-order chi connectivity index (χ0) is 14.8. The number of nitrogens with zero attached hydrogens (tertiary/aromatic N) is 3. The molecule has 6 nitrogen and oxygen atoms in total. The smallest absolute Gasteiger partial charge is 0.268 e. The fourth-order valence-corrected chi connectivity index (χ4v) is 4.10. The number of hydrogen-bond donors (Lipinski definition) is 2. The third-order valence-electron chi connectivity index (χ3n) is 4.31. The molecule has 1 atom stereocenters. The number of nitrogens with two attached hydrogens (primary N) is 1. The van der Waals surface area contributed by atoms with Gasteiger partial charge in [0.1, 0.15) is 10.7 Å². The Morgan fingerprint density at radius 3 is 2.71 bits per heavy atom. The molecule has 7 heteroatoms. The number of thiazole rings is 1. The second-order valence-corrected chi connectivity index (χ2v) is 6.71. The van der Waals surface area contributed by atoms with Gasteiger partial charge in [-0.3, -0.25) is 4.79 Å². The molecule has 116 valence electrons. The third kappa shape index (κ3) is 2.85. The molecule has 2 fully saturated rings. The summed E-state index contributed by atoms with van der Waals surface area (Å²) in [6, 6.07) is -0.0806. The molecule has 0 aromatic carbocycles. The molecule has 21 heavy (non-hydrogen) atoms. The van der Waals surface area contributed by atoms with E-state index in [9.17, 15) is 9.90 Å². The van der Waals surface area contributed by atoms with Crippen LogP contribution in [0.4, 0.5) is 10.9 Å². The first-order valence-electron chi connectivity index (χ1n) is 7.64. The molecule has 3 N–H and O–H groups in total. The maximum atomic E-state index is 12.7. The van der Waals surface area contributed by atoms with Crippen molar-refractivity contribution in [3.63, 3.8) is 0 Å². The largest absolute Gasteiger partial charge is 0.394 e. The number of aliphatic hydroxyl groups excluding tert-OH is 1. The van der Waals surface area contributed by atoms with Crippen molar-refractivity contribution in [3.05, 3.63) is 4.88 Å². The highest BCUT2D eigenvalue weighted by atomic mass is 32.1. The number of carbonyl (C=O) groups is 1. The molecule has 0 aliphatic carbocycles. The van der Waals surface area contributed by atoms with Gasteiger partial charge in [-0.05, 0) is 32.1 Å². The Balaban J connectivity index is 1.80. The van der Waals surface area contributed by atoms with Gasteiger partial charge in [-0.1, -0.05) is 11.3 Å². The second-order valence-electron chi connectivity index (χ2n) is 5.74. The van der Waals surface area contributed by atoms with Crippen molar-refractivity contribution in [1.29, 1.82) is 0 Å². The van der Waals surface area contributed by atoms with Crippen LogP contribution in [0.3, 0.4) is 0 Å². The average molecular weight is 310 g/mol. The Labute approximate surface area is 128 Å². The van der Waals surface area contributed by atoms with Crippen LogP contribution >= 0.6 is 11.3 Å². The molecule has 0 saturated carbocycles. The minimum atomic E-state index is -0.0806. The SMILES string of the molecule is Nc1nc(N2CCCC2)sc1C(=O)N1CCCCC1CO. The molecule has 0 spiro atoms. The summed E-state index contributed by atoms with van der Waals surface area (Å²) in [5.74, 6) is 0.253. The molecule has 0 bridgehead atoms. The highest BCUT2D eigenvalue weighted by molar-refractivity contribution is 7.18. The van der Waals surface area contributed by atoms with Gasteiger partial charge in [0.25, 0.3) is 5.91 Å². The quantitative estimate of drug-likeness (QED) is 0.879. The van der Waals surface area contributed by atoms with Gasteiger partial charge in [-0.25, -0.2) is 4.98 Å². The van der Waals surface area contributed by atoms with Crippen molar-refractivity contribution in [3.8, 4) is 0 Å². The molecule has 2 aliphatic rings. The summed E-state index contributed by atoms with van der Waals surface area (Å²) in [6.45, 7) is 2.69. The van der Waals surface area contributed by atoms with E-state index in [0.29, 0.717) is 17.2 Å². The van der Waals surface area contributed by atoms with Crippen LogP contribution in [-0.4, -0.2) is 53.2 Å². The lowest BCUT2D eigenvalue weighted by molar-refractivity contribution is 0.0508. The lowest BCUT2D eigenvalue weighted by Crippen LogP contribution is -2.45. The standard InChI is InChI=1S/C14H22N4O2S/c15-12-11(21-14(16-12)17-6-3-4-7-17)13(20)18-8-2-1-5-10(18)9-19/h10,19H,1-9,15H2. The van der Waals surface area contributed by atoms with Gasteiger partial charge in [0.05, 0.1) is 12.6 Å². The molecule has 1 aromatic rings. The predicted molar refractivity (Wildman–Crippen MR) is 83.7 cm³/mol. The van der Waals surface area contributed by atoms with Gasteiger partial charge in [-0.15, -0.1) is 0 Å². The van der Waals surface area contributed by atoms with Crippen molar-refractivity contribution < 1.29 is 9.90 Å². The first-order chi connectivity index (χ1) is 10.2. The van der Waals surface area contributed by atoms with E-state index in [1.165, 1.54) is 24.2 Å². The maximum Gasteiger partial charge on any atom is 0.268 e. The topological polar surface area (TPSA) is 82.7 Å². The zero-order valence-electron chi connectivity index (χ0n) is 12.1. The lowest BCUT2D eigenvalue weighted by atomic mass is 10.0. The van der Waals surface area contributed by atoms with E-state index in [2.05, 4.69) is 9.88 Å². The van der Waals surface area contributed by atoms with Crippen LogP contribution in [0.15, 0.2) is 0 Å². The molecule has 2 aliphatic heterocycles. The van der Waals surface area contributed by atoms with Crippen molar-refractivity contribution in [2.45, 2.75) is 38.1 Å². The highest BCUT2D eigenvalue weighted by Gasteiger charge is 2.30. The number of hydrogen-bond acceptors (Lipinski definition) is 6. The van der Waals surface area contributed by atoms with E-state index in [4.69, 9.17) is 5.73 Å². The van der Waals surface area contributed by atoms with Crippen LogP contribution < -0.4 is 10.6 Å². The summed E-state index contributed by atoms with van der Waals surface area (Å²) in [7, 11) is 0. The number of nitrogen functional groups attached to an aromatic ring is 1. The first kappa shape index (κ1) is 14.6. The number of rotatable bonds is 3. The minimum Gasteiger partial charge on any atom is -0.394 e. The second kappa shape index (κ2) is 6.19. The number of anilines is 2. The molecule has 1 amide bonds. The number of carbonyl (C=O) groups excluding carboxylic acids is 1. The van der Waals surface area contributed by atoms with Gasteiger partial charge in [0.15, 0.2) is 5.13 Å². The van der Waals surface area contributed by atoms with E-state index in [1.54, 1.807) is 4.90 Å². The normalized spacial score (nSPS) is 22.8. The Kier molecular flexibility index (Phi) is 4.30. The van der Waals surface area contributed by atoms with Crippen molar-refractivity contribution in [2.24, 2.45) is 0 Å². The summed E-state index contributed by atoms with van der Waals surface area (Å²) >= 11 is 1.39. The van der Waals surface area contributed by atoms with Gasteiger partial charge >= 0.3 is 0 Å². The Morgan fingerprint density at radius 1 is 1.29 bits per heavy atom. The molecule has 3 heterocycles. The van der Waals surface area contributed by atoms with Gasteiger partial charge < -0.3 is 20.6 Å².